The summed E-state index contributed by atoms with van der Waals surface area (Å²) in [4.78, 5) is 10.3. The average molecular weight is 330 g/mol. The van der Waals surface area contributed by atoms with Crippen molar-refractivity contribution < 1.29 is 17.7 Å². The van der Waals surface area contributed by atoms with Crippen molar-refractivity contribution in [2.45, 2.75) is 10.8 Å². The Bertz CT molecular complexity index is 769. The lowest BCUT2D eigenvalue weighted by molar-refractivity contribution is -0.383. The normalized spacial score (nSPS) is 11.3. The third-order valence-electron chi connectivity index (χ3n) is 2.62. The third kappa shape index (κ3) is 3.76. The van der Waals surface area contributed by atoms with Crippen LogP contribution in [0.4, 0.5) is 15.1 Å². The fourth-order valence-corrected chi connectivity index (χ4v) is 3.52. The summed E-state index contributed by atoms with van der Waals surface area (Å²) >= 11 is 0.802. The van der Waals surface area contributed by atoms with E-state index in [2.05, 4.69) is 5.32 Å². The molecule has 0 aliphatic carbocycles. The number of hydrogen-bond donors (Lipinski definition) is 1. The predicted octanol–water partition coefficient (Wildman–Crippen LogP) is 2.81. The molecule has 2 rings (SSSR count). The molecule has 0 aliphatic heterocycles. The van der Waals surface area contributed by atoms with Crippen molar-refractivity contribution >= 4 is 31.9 Å². The number of rotatable bonds is 5. The zero-order chi connectivity index (χ0) is 15.6. The lowest BCUT2D eigenvalue weighted by Gasteiger charge is -2.03. The highest BCUT2D eigenvalue weighted by Gasteiger charge is 2.23. The summed E-state index contributed by atoms with van der Waals surface area (Å²) in [6.45, 7) is 0.227. The van der Waals surface area contributed by atoms with Gasteiger partial charge in [-0.25, -0.2) is 12.8 Å². The number of nitrogens with zero attached hydrogens (tertiary/aromatic N) is 1. The smallest absolute Gasteiger partial charge is 0.304 e. The maximum absolute atomic E-state index is 12.8. The molecule has 0 saturated heterocycles. The van der Waals surface area contributed by atoms with Gasteiger partial charge in [-0.05, 0) is 17.7 Å². The molecule has 2 aromatic rings. The molecule has 1 aromatic heterocycles. The molecule has 112 valence electrons. The SMILES string of the molecule is CS(=O)(=O)c1cc([N+](=O)[O-])c(NCc2ccc(F)cc2)s1. The van der Waals surface area contributed by atoms with E-state index in [1.54, 1.807) is 12.1 Å². The lowest BCUT2D eigenvalue weighted by Crippen LogP contribution is -2.00. The molecular weight excluding hydrogens is 319 g/mol. The molecule has 0 radical (unpaired) electrons. The summed E-state index contributed by atoms with van der Waals surface area (Å²) in [5.74, 6) is -0.375. The van der Waals surface area contributed by atoms with Crippen molar-refractivity contribution in [2.75, 3.05) is 11.6 Å². The minimum absolute atomic E-state index is 0.0733. The fourth-order valence-electron chi connectivity index (χ4n) is 1.59. The van der Waals surface area contributed by atoms with Crippen LogP contribution in [-0.2, 0) is 16.4 Å². The molecular formula is C12H11FN2O4S2. The minimum Gasteiger partial charge on any atom is -0.367 e. The Morgan fingerprint density at radius 3 is 2.48 bits per heavy atom. The highest BCUT2D eigenvalue weighted by atomic mass is 32.2. The lowest BCUT2D eigenvalue weighted by atomic mass is 10.2. The molecule has 0 aliphatic rings. The molecule has 0 spiro atoms. The summed E-state index contributed by atoms with van der Waals surface area (Å²) in [5.41, 5.74) is 0.433. The van der Waals surface area contributed by atoms with Crippen LogP contribution in [0, 0.1) is 15.9 Å². The first-order chi connectivity index (χ1) is 9.77. The van der Waals surface area contributed by atoms with Gasteiger partial charge in [0.25, 0.3) is 0 Å². The Morgan fingerprint density at radius 2 is 1.95 bits per heavy atom. The zero-order valence-electron chi connectivity index (χ0n) is 10.9. The standard InChI is InChI=1S/C12H11FN2O4S2/c1-21(18,19)11-6-10(15(16)17)12(20-11)14-7-8-2-4-9(13)5-3-8/h2-6,14H,7H2,1H3. The van der Waals surface area contributed by atoms with E-state index in [4.69, 9.17) is 0 Å². The zero-order valence-corrected chi connectivity index (χ0v) is 12.5. The fraction of sp³-hybridized carbons (Fsp3) is 0.167. The van der Waals surface area contributed by atoms with Gasteiger partial charge in [-0.15, -0.1) is 0 Å². The maximum Gasteiger partial charge on any atom is 0.304 e. The van der Waals surface area contributed by atoms with E-state index in [0.717, 1.165) is 29.2 Å². The van der Waals surface area contributed by atoms with Gasteiger partial charge in [0.1, 0.15) is 10.0 Å². The number of halogens is 1. The molecule has 0 bridgehead atoms. The van der Waals surface area contributed by atoms with Crippen molar-refractivity contribution in [3.8, 4) is 0 Å². The van der Waals surface area contributed by atoms with Crippen LogP contribution < -0.4 is 5.32 Å². The van der Waals surface area contributed by atoms with Gasteiger partial charge in [0.15, 0.2) is 14.8 Å². The van der Waals surface area contributed by atoms with Crippen molar-refractivity contribution in [3.05, 3.63) is 51.8 Å². The Hall–Kier alpha value is -2.00. The summed E-state index contributed by atoms with van der Waals surface area (Å²) in [6, 6.07) is 6.68. The van der Waals surface area contributed by atoms with Gasteiger partial charge in [0.05, 0.1) is 4.92 Å². The van der Waals surface area contributed by atoms with Crippen molar-refractivity contribution in [1.29, 1.82) is 0 Å². The highest BCUT2D eigenvalue weighted by Crippen LogP contribution is 2.37. The summed E-state index contributed by atoms with van der Waals surface area (Å²) in [6.07, 6.45) is 0.992. The van der Waals surface area contributed by atoms with Crippen LogP contribution in [0.15, 0.2) is 34.5 Å². The second kappa shape index (κ2) is 5.78. The Kier molecular flexibility index (Phi) is 4.24. The van der Waals surface area contributed by atoms with Crippen molar-refractivity contribution in [1.82, 2.24) is 0 Å². The molecule has 0 unspecified atom stereocenters. The number of hydrogen-bond acceptors (Lipinski definition) is 6. The number of nitrogens with one attached hydrogen (secondary N) is 1. The molecule has 0 saturated carbocycles. The number of nitro groups is 1. The van der Waals surface area contributed by atoms with Gasteiger partial charge in [-0.2, -0.15) is 0 Å². The van der Waals surface area contributed by atoms with Crippen LogP contribution in [0.5, 0.6) is 0 Å². The van der Waals surface area contributed by atoms with Crippen molar-refractivity contribution in [3.63, 3.8) is 0 Å². The number of anilines is 1. The van der Waals surface area contributed by atoms with E-state index in [1.165, 1.54) is 12.1 Å². The summed E-state index contributed by atoms with van der Waals surface area (Å²) in [7, 11) is -3.50. The van der Waals surface area contributed by atoms with Gasteiger partial charge in [-0.3, -0.25) is 10.1 Å². The molecule has 0 amide bonds. The van der Waals surface area contributed by atoms with Crippen LogP contribution in [0.25, 0.3) is 0 Å². The maximum atomic E-state index is 12.8. The average Bonchev–Trinajstić information content (AvgIpc) is 2.82. The second-order valence-electron chi connectivity index (χ2n) is 4.29. The van der Waals surface area contributed by atoms with Crippen LogP contribution in [0.3, 0.4) is 0 Å². The van der Waals surface area contributed by atoms with E-state index >= 15 is 0 Å². The molecule has 21 heavy (non-hydrogen) atoms. The summed E-state index contributed by atoms with van der Waals surface area (Å²) in [5, 5.41) is 13.9. The first kappa shape index (κ1) is 15.4. The molecule has 1 aromatic carbocycles. The van der Waals surface area contributed by atoms with Crippen LogP contribution in [-0.4, -0.2) is 19.6 Å². The quantitative estimate of drug-likeness (QED) is 0.672. The third-order valence-corrected chi connectivity index (χ3v) is 5.50. The largest absolute Gasteiger partial charge is 0.367 e. The Labute approximate surface area is 124 Å². The van der Waals surface area contributed by atoms with Crippen LogP contribution in [0.2, 0.25) is 0 Å². The molecule has 1 N–H and O–H groups in total. The topological polar surface area (TPSA) is 89.3 Å². The van der Waals surface area contributed by atoms with E-state index in [0.29, 0.717) is 0 Å². The van der Waals surface area contributed by atoms with Gasteiger partial charge >= 0.3 is 5.69 Å². The molecule has 9 heteroatoms. The first-order valence-electron chi connectivity index (χ1n) is 5.74. The van der Waals surface area contributed by atoms with E-state index in [9.17, 15) is 22.9 Å². The van der Waals surface area contributed by atoms with Crippen molar-refractivity contribution in [2.24, 2.45) is 0 Å². The van der Waals surface area contributed by atoms with E-state index < -0.39 is 14.8 Å². The second-order valence-corrected chi connectivity index (χ2v) is 7.58. The first-order valence-corrected chi connectivity index (χ1v) is 8.45. The summed E-state index contributed by atoms with van der Waals surface area (Å²) < 4.78 is 35.6. The number of benzene rings is 1. The van der Waals surface area contributed by atoms with Gasteiger partial charge in [-0.1, -0.05) is 23.5 Å². The van der Waals surface area contributed by atoms with E-state index in [-0.39, 0.29) is 27.3 Å². The predicted molar refractivity (Wildman–Crippen MR) is 77.8 cm³/mol. The Balaban J connectivity index is 2.24. The molecule has 1 heterocycles. The van der Waals surface area contributed by atoms with Crippen LogP contribution >= 0.6 is 11.3 Å². The Morgan fingerprint density at radius 1 is 1.33 bits per heavy atom. The van der Waals surface area contributed by atoms with Crippen LogP contribution in [0.1, 0.15) is 5.56 Å². The molecule has 0 atom stereocenters. The monoisotopic (exact) mass is 330 g/mol. The molecule has 6 nitrogen and oxygen atoms in total. The highest BCUT2D eigenvalue weighted by molar-refractivity contribution is 7.92. The van der Waals surface area contributed by atoms with Gasteiger partial charge in [0, 0.05) is 18.9 Å². The van der Waals surface area contributed by atoms with E-state index in [1.807, 2.05) is 0 Å². The number of thiophene rings is 1. The number of sulfone groups is 1. The van der Waals surface area contributed by atoms with Gasteiger partial charge < -0.3 is 5.32 Å². The minimum atomic E-state index is -3.50. The van der Waals surface area contributed by atoms with Gasteiger partial charge in [0.2, 0.25) is 0 Å². The molecule has 0 fully saturated rings.